The van der Waals surface area contributed by atoms with Gasteiger partial charge in [0.05, 0.1) is 17.4 Å². The van der Waals surface area contributed by atoms with Gasteiger partial charge in [-0.1, -0.05) is 17.7 Å². The average Bonchev–Trinajstić information content (AvgIpc) is 2.32. The zero-order valence-corrected chi connectivity index (χ0v) is 11.9. The maximum absolute atomic E-state index is 12.0. The molecule has 0 radical (unpaired) electrons. The van der Waals surface area contributed by atoms with Gasteiger partial charge in [0, 0.05) is 4.47 Å². The monoisotopic (exact) mass is 324 g/mol. The summed E-state index contributed by atoms with van der Waals surface area (Å²) in [5, 5.41) is 3.15. The largest absolute Gasteiger partial charge is 0.321 e. The smallest absolute Gasteiger partial charge is 0.256 e. The molecule has 92 valence electrons. The number of anilines is 1. The van der Waals surface area contributed by atoms with Crippen molar-refractivity contribution in [2.75, 3.05) is 5.32 Å². The van der Waals surface area contributed by atoms with Crippen LogP contribution in [0.5, 0.6) is 0 Å². The minimum atomic E-state index is -0.189. The first-order valence-corrected chi connectivity index (χ1v) is 6.42. The predicted octanol–water partition coefficient (Wildman–Crippen LogP) is 4.06. The Bertz CT molecular complexity index is 584. The molecule has 0 fully saturated rings. The summed E-state index contributed by atoms with van der Waals surface area (Å²) in [6.45, 7) is 1.97. The van der Waals surface area contributed by atoms with Gasteiger partial charge in [-0.05, 0) is 52.7 Å². The van der Waals surface area contributed by atoms with Crippen LogP contribution in [0.15, 0.2) is 41.0 Å². The van der Waals surface area contributed by atoms with Crippen molar-refractivity contribution in [2.45, 2.75) is 6.92 Å². The molecule has 0 spiro atoms. The number of hydrogen-bond donors (Lipinski definition) is 1. The number of nitrogens with one attached hydrogen (secondary N) is 1. The Morgan fingerprint density at radius 1 is 1.33 bits per heavy atom. The van der Waals surface area contributed by atoms with Gasteiger partial charge in [0.1, 0.15) is 5.15 Å². The van der Waals surface area contributed by atoms with E-state index in [1.165, 1.54) is 6.20 Å². The van der Waals surface area contributed by atoms with Crippen LogP contribution in [0.25, 0.3) is 0 Å². The Labute approximate surface area is 118 Å². The Morgan fingerprint density at radius 3 is 2.72 bits per heavy atom. The van der Waals surface area contributed by atoms with E-state index in [4.69, 9.17) is 11.6 Å². The number of rotatable bonds is 2. The number of aromatic nitrogens is 1. The molecule has 18 heavy (non-hydrogen) atoms. The Hall–Kier alpha value is -1.39. The second kappa shape index (κ2) is 5.50. The van der Waals surface area contributed by atoms with Crippen molar-refractivity contribution < 1.29 is 4.79 Å². The third kappa shape index (κ3) is 3.09. The maximum atomic E-state index is 12.0. The van der Waals surface area contributed by atoms with E-state index < -0.39 is 0 Å². The minimum absolute atomic E-state index is 0.189. The Morgan fingerprint density at radius 2 is 2.11 bits per heavy atom. The van der Waals surface area contributed by atoms with Crippen molar-refractivity contribution >= 4 is 39.1 Å². The summed E-state index contributed by atoms with van der Waals surface area (Å²) < 4.78 is 0.766. The molecule has 1 heterocycles. The SMILES string of the molecule is Cc1ccc(C(=O)Nc2ccc(Cl)nc2)c(Br)c1. The highest BCUT2D eigenvalue weighted by atomic mass is 79.9. The molecule has 0 aliphatic carbocycles. The van der Waals surface area contributed by atoms with Crippen LogP contribution in [0.2, 0.25) is 5.15 Å². The van der Waals surface area contributed by atoms with Crippen LogP contribution in [0.3, 0.4) is 0 Å². The topological polar surface area (TPSA) is 42.0 Å². The van der Waals surface area contributed by atoms with Crippen molar-refractivity contribution in [1.82, 2.24) is 4.98 Å². The fourth-order valence-corrected chi connectivity index (χ4v) is 2.24. The van der Waals surface area contributed by atoms with Crippen LogP contribution in [0.1, 0.15) is 15.9 Å². The number of carbonyl (C=O) groups excluding carboxylic acids is 1. The van der Waals surface area contributed by atoms with Gasteiger partial charge in [-0.3, -0.25) is 4.79 Å². The number of nitrogens with zero attached hydrogens (tertiary/aromatic N) is 1. The Kier molecular flexibility index (Phi) is 3.99. The van der Waals surface area contributed by atoms with Crippen LogP contribution >= 0.6 is 27.5 Å². The molecule has 2 rings (SSSR count). The summed E-state index contributed by atoms with van der Waals surface area (Å²) in [5.74, 6) is -0.189. The summed E-state index contributed by atoms with van der Waals surface area (Å²) in [4.78, 5) is 15.9. The fraction of sp³-hybridized carbons (Fsp3) is 0.0769. The van der Waals surface area contributed by atoms with E-state index in [0.717, 1.165) is 10.0 Å². The van der Waals surface area contributed by atoms with Gasteiger partial charge in [-0.25, -0.2) is 4.98 Å². The number of halogens is 2. The van der Waals surface area contributed by atoms with E-state index in [1.807, 2.05) is 19.1 Å². The van der Waals surface area contributed by atoms with Crippen LogP contribution in [-0.4, -0.2) is 10.9 Å². The number of pyridine rings is 1. The predicted molar refractivity (Wildman–Crippen MR) is 76.1 cm³/mol. The van der Waals surface area contributed by atoms with Crippen molar-refractivity contribution in [2.24, 2.45) is 0 Å². The quantitative estimate of drug-likeness (QED) is 0.846. The summed E-state index contributed by atoms with van der Waals surface area (Å²) in [5.41, 5.74) is 2.28. The van der Waals surface area contributed by atoms with Gasteiger partial charge in [0.2, 0.25) is 0 Å². The molecule has 1 aromatic heterocycles. The zero-order chi connectivity index (χ0) is 13.1. The summed E-state index contributed by atoms with van der Waals surface area (Å²) in [6, 6.07) is 8.89. The number of carbonyl (C=O) groups is 1. The van der Waals surface area contributed by atoms with E-state index in [-0.39, 0.29) is 5.91 Å². The lowest BCUT2D eigenvalue weighted by molar-refractivity contribution is 0.102. The highest BCUT2D eigenvalue weighted by molar-refractivity contribution is 9.10. The lowest BCUT2D eigenvalue weighted by atomic mass is 10.1. The summed E-state index contributed by atoms with van der Waals surface area (Å²) in [6.07, 6.45) is 1.52. The molecule has 0 atom stereocenters. The molecular formula is C13H10BrClN2O. The molecule has 2 aromatic rings. The number of aryl methyl sites for hydroxylation is 1. The van der Waals surface area contributed by atoms with Crippen LogP contribution in [-0.2, 0) is 0 Å². The molecule has 3 nitrogen and oxygen atoms in total. The van der Waals surface area contributed by atoms with Crippen LogP contribution in [0.4, 0.5) is 5.69 Å². The first-order valence-electron chi connectivity index (χ1n) is 5.25. The number of amides is 1. The molecule has 0 saturated heterocycles. The molecular weight excluding hydrogens is 316 g/mol. The number of benzene rings is 1. The highest BCUT2D eigenvalue weighted by Crippen LogP contribution is 2.20. The average molecular weight is 326 g/mol. The van der Waals surface area contributed by atoms with Gasteiger partial charge in [0.15, 0.2) is 0 Å². The molecule has 1 N–H and O–H groups in total. The Balaban J connectivity index is 2.19. The molecule has 0 unspecified atom stereocenters. The van der Waals surface area contributed by atoms with E-state index >= 15 is 0 Å². The van der Waals surface area contributed by atoms with E-state index in [1.54, 1.807) is 18.2 Å². The molecule has 0 aliphatic rings. The summed E-state index contributed by atoms with van der Waals surface area (Å²) in [7, 11) is 0. The van der Waals surface area contributed by atoms with Gasteiger partial charge >= 0.3 is 0 Å². The highest BCUT2D eigenvalue weighted by Gasteiger charge is 2.10. The number of hydrogen-bond acceptors (Lipinski definition) is 2. The molecule has 0 aliphatic heterocycles. The molecule has 1 aromatic carbocycles. The molecule has 5 heteroatoms. The van der Waals surface area contributed by atoms with Crippen LogP contribution < -0.4 is 5.32 Å². The molecule has 1 amide bonds. The second-order valence-corrected chi connectivity index (χ2v) is 5.05. The van der Waals surface area contributed by atoms with Gasteiger partial charge in [0.25, 0.3) is 5.91 Å². The van der Waals surface area contributed by atoms with Crippen molar-refractivity contribution in [3.63, 3.8) is 0 Å². The normalized spacial score (nSPS) is 10.2. The van der Waals surface area contributed by atoms with Gasteiger partial charge in [-0.15, -0.1) is 0 Å². The molecule has 0 saturated carbocycles. The zero-order valence-electron chi connectivity index (χ0n) is 9.58. The first-order chi connectivity index (χ1) is 8.56. The first kappa shape index (κ1) is 13.1. The lowest BCUT2D eigenvalue weighted by Crippen LogP contribution is -2.12. The van der Waals surface area contributed by atoms with Crippen molar-refractivity contribution in [1.29, 1.82) is 0 Å². The summed E-state index contributed by atoms with van der Waals surface area (Å²) >= 11 is 9.05. The fourth-order valence-electron chi connectivity index (χ4n) is 1.45. The lowest BCUT2D eigenvalue weighted by Gasteiger charge is -2.07. The van der Waals surface area contributed by atoms with Crippen molar-refractivity contribution in [3.05, 3.63) is 57.3 Å². The van der Waals surface area contributed by atoms with Crippen LogP contribution in [0, 0.1) is 6.92 Å². The van der Waals surface area contributed by atoms with Crippen molar-refractivity contribution in [3.8, 4) is 0 Å². The standard InChI is InChI=1S/C13H10BrClN2O/c1-8-2-4-10(11(14)6-8)13(18)17-9-3-5-12(15)16-7-9/h2-7H,1H3,(H,17,18). The third-order valence-electron chi connectivity index (χ3n) is 2.35. The third-order valence-corrected chi connectivity index (χ3v) is 3.23. The van der Waals surface area contributed by atoms with Gasteiger partial charge < -0.3 is 5.32 Å². The van der Waals surface area contributed by atoms with Gasteiger partial charge in [-0.2, -0.15) is 0 Å². The van der Waals surface area contributed by atoms with E-state index in [2.05, 4.69) is 26.2 Å². The van der Waals surface area contributed by atoms with E-state index in [9.17, 15) is 4.79 Å². The maximum Gasteiger partial charge on any atom is 0.256 e. The second-order valence-electron chi connectivity index (χ2n) is 3.81. The minimum Gasteiger partial charge on any atom is -0.321 e. The molecule has 0 bridgehead atoms. The van der Waals surface area contributed by atoms with E-state index in [0.29, 0.717) is 16.4 Å².